The molecule has 5 N–H and O–H groups in total. The van der Waals surface area contributed by atoms with Crippen molar-refractivity contribution in [1.29, 1.82) is 0 Å². The van der Waals surface area contributed by atoms with Crippen molar-refractivity contribution in [3.63, 3.8) is 0 Å². The number of imidazole rings is 1. The predicted molar refractivity (Wildman–Crippen MR) is 62.2 cm³/mol. The Labute approximate surface area is 99.6 Å². The summed E-state index contributed by atoms with van der Waals surface area (Å²) < 4.78 is 0. The molecule has 0 spiro atoms. The van der Waals surface area contributed by atoms with E-state index in [4.69, 9.17) is 17.3 Å². The second kappa shape index (κ2) is 6.20. The van der Waals surface area contributed by atoms with Gasteiger partial charge in [-0.2, -0.15) is 0 Å². The number of nitrogens with two attached hydrogens (primary N) is 1. The van der Waals surface area contributed by atoms with Crippen LogP contribution in [-0.2, 0) is 6.42 Å². The topological polar surface area (TPSA) is 95.2 Å². The molecule has 0 fully saturated rings. The highest BCUT2D eigenvalue weighted by atomic mass is 35.5. The molecule has 0 saturated carbocycles. The number of aromatic nitrogens is 2. The van der Waals surface area contributed by atoms with Crippen molar-refractivity contribution in [2.24, 2.45) is 5.73 Å². The van der Waals surface area contributed by atoms with Crippen LogP contribution in [0.2, 0.25) is 5.15 Å². The highest BCUT2D eigenvalue weighted by Crippen LogP contribution is 2.23. The average Bonchev–Trinajstić information content (AvgIpc) is 2.65. The summed E-state index contributed by atoms with van der Waals surface area (Å²) in [5, 5.41) is 19.3. The number of aryl methyl sites for hydroxylation is 1. The van der Waals surface area contributed by atoms with Crippen LogP contribution in [0.25, 0.3) is 0 Å². The minimum atomic E-state index is -1.11. The molecule has 6 heteroatoms. The Hall–Kier alpha value is -0.620. The lowest BCUT2D eigenvalue weighted by atomic mass is 10.1. The van der Waals surface area contributed by atoms with E-state index in [0.717, 1.165) is 25.1 Å². The maximum Gasteiger partial charge on any atom is 0.153 e. The number of aliphatic hydroxyl groups is 2. The van der Waals surface area contributed by atoms with E-state index in [0.29, 0.717) is 5.69 Å². The van der Waals surface area contributed by atoms with Crippen molar-refractivity contribution in [2.75, 3.05) is 6.54 Å². The second-order valence-electron chi connectivity index (χ2n) is 3.74. The zero-order valence-electron chi connectivity index (χ0n) is 9.28. The fourth-order valence-corrected chi connectivity index (χ4v) is 1.65. The molecular weight excluding hydrogens is 230 g/mol. The van der Waals surface area contributed by atoms with Crippen LogP contribution in [0.3, 0.4) is 0 Å². The molecule has 0 amide bonds. The van der Waals surface area contributed by atoms with E-state index in [-0.39, 0.29) is 11.7 Å². The first-order valence-electron chi connectivity index (χ1n) is 5.40. The smallest absolute Gasteiger partial charge is 0.153 e. The van der Waals surface area contributed by atoms with Crippen LogP contribution in [0.15, 0.2) is 0 Å². The number of hydrogen-bond donors (Lipinski definition) is 4. The molecule has 16 heavy (non-hydrogen) atoms. The summed E-state index contributed by atoms with van der Waals surface area (Å²) in [5.41, 5.74) is 5.60. The van der Waals surface area contributed by atoms with E-state index in [9.17, 15) is 10.2 Å². The van der Waals surface area contributed by atoms with Gasteiger partial charge in [-0.1, -0.05) is 24.9 Å². The van der Waals surface area contributed by atoms with Gasteiger partial charge in [0.1, 0.15) is 11.9 Å². The van der Waals surface area contributed by atoms with Gasteiger partial charge < -0.3 is 20.9 Å². The number of nitrogens with zero attached hydrogens (tertiary/aromatic N) is 1. The van der Waals surface area contributed by atoms with Gasteiger partial charge in [-0.05, 0) is 6.42 Å². The van der Waals surface area contributed by atoms with Crippen LogP contribution in [0.4, 0.5) is 0 Å². The quantitative estimate of drug-likeness (QED) is 0.597. The molecule has 1 aromatic heterocycles. The van der Waals surface area contributed by atoms with Gasteiger partial charge >= 0.3 is 0 Å². The maximum absolute atomic E-state index is 9.72. The fourth-order valence-electron chi connectivity index (χ4n) is 1.39. The molecule has 1 rings (SSSR count). The Morgan fingerprint density at radius 2 is 2.19 bits per heavy atom. The summed E-state index contributed by atoms with van der Waals surface area (Å²) in [6.45, 7) is 2.05. The minimum Gasteiger partial charge on any atom is -0.389 e. The zero-order valence-corrected chi connectivity index (χ0v) is 10.0. The van der Waals surface area contributed by atoms with Crippen molar-refractivity contribution < 1.29 is 10.2 Å². The van der Waals surface area contributed by atoms with Gasteiger partial charge in [0.05, 0.1) is 11.8 Å². The van der Waals surface area contributed by atoms with Crippen LogP contribution < -0.4 is 5.73 Å². The average molecular weight is 248 g/mol. The molecule has 0 aliphatic rings. The lowest BCUT2D eigenvalue weighted by Crippen LogP contribution is -2.27. The maximum atomic E-state index is 9.72. The number of H-pyrrole nitrogens is 1. The highest BCUT2D eigenvalue weighted by Gasteiger charge is 2.22. The zero-order chi connectivity index (χ0) is 12.1. The Morgan fingerprint density at radius 1 is 1.50 bits per heavy atom. The van der Waals surface area contributed by atoms with E-state index in [1.165, 1.54) is 0 Å². The van der Waals surface area contributed by atoms with Crippen molar-refractivity contribution in [1.82, 2.24) is 9.97 Å². The molecule has 0 saturated heterocycles. The highest BCUT2D eigenvalue weighted by molar-refractivity contribution is 6.30. The lowest BCUT2D eigenvalue weighted by Gasteiger charge is -2.14. The SMILES string of the molecule is CCCCc1nc(Cl)c(C(O)C(O)CN)[nH]1. The Bertz CT molecular complexity index is 330. The number of hydrogen-bond acceptors (Lipinski definition) is 4. The first-order chi connectivity index (χ1) is 7.60. The van der Waals surface area contributed by atoms with E-state index >= 15 is 0 Å². The summed E-state index contributed by atoms with van der Waals surface area (Å²) in [6.07, 6.45) is 0.694. The first-order valence-corrected chi connectivity index (χ1v) is 5.78. The molecule has 2 unspecified atom stereocenters. The molecule has 0 aromatic carbocycles. The molecule has 2 atom stereocenters. The summed E-state index contributed by atoms with van der Waals surface area (Å²) in [4.78, 5) is 7.01. The monoisotopic (exact) mass is 247 g/mol. The van der Waals surface area contributed by atoms with Gasteiger partial charge in [0, 0.05) is 13.0 Å². The van der Waals surface area contributed by atoms with Crippen molar-refractivity contribution in [2.45, 2.75) is 38.4 Å². The van der Waals surface area contributed by atoms with Crippen LogP contribution in [0.1, 0.15) is 37.4 Å². The molecule has 0 aliphatic heterocycles. The largest absolute Gasteiger partial charge is 0.389 e. The van der Waals surface area contributed by atoms with Crippen LogP contribution in [0, 0.1) is 0 Å². The third kappa shape index (κ3) is 3.18. The fraction of sp³-hybridized carbons (Fsp3) is 0.700. The van der Waals surface area contributed by atoms with Gasteiger partial charge in [-0.25, -0.2) is 4.98 Å². The van der Waals surface area contributed by atoms with Crippen LogP contribution in [-0.4, -0.2) is 32.8 Å². The standard InChI is InChI=1S/C10H18ClN3O2/c1-2-3-4-7-13-8(10(11)14-7)9(16)6(15)5-12/h6,9,15-16H,2-5,12H2,1H3,(H,13,14). The molecule has 0 radical (unpaired) electrons. The molecule has 0 aliphatic carbocycles. The Kier molecular flexibility index (Phi) is 5.21. The number of halogens is 1. The molecule has 5 nitrogen and oxygen atoms in total. The third-order valence-electron chi connectivity index (χ3n) is 2.40. The summed E-state index contributed by atoms with van der Waals surface area (Å²) in [7, 11) is 0. The predicted octanol–water partition coefficient (Wildman–Crippen LogP) is 0.759. The van der Waals surface area contributed by atoms with Gasteiger partial charge in [-0.15, -0.1) is 0 Å². The van der Waals surface area contributed by atoms with Crippen molar-refractivity contribution >= 4 is 11.6 Å². The van der Waals surface area contributed by atoms with Crippen molar-refractivity contribution in [3.05, 3.63) is 16.7 Å². The van der Waals surface area contributed by atoms with Gasteiger partial charge in [-0.3, -0.25) is 0 Å². The summed E-state index contributed by atoms with van der Waals surface area (Å²) in [6, 6.07) is 0. The number of rotatable bonds is 6. The molecule has 92 valence electrons. The summed E-state index contributed by atoms with van der Waals surface area (Å²) in [5.74, 6) is 0.727. The Balaban J connectivity index is 2.76. The van der Waals surface area contributed by atoms with Crippen LogP contribution in [0.5, 0.6) is 0 Å². The normalized spacial score (nSPS) is 15.1. The van der Waals surface area contributed by atoms with E-state index in [1.807, 2.05) is 0 Å². The van der Waals surface area contributed by atoms with E-state index < -0.39 is 12.2 Å². The van der Waals surface area contributed by atoms with Crippen molar-refractivity contribution in [3.8, 4) is 0 Å². The molecular formula is C10H18ClN3O2. The second-order valence-corrected chi connectivity index (χ2v) is 4.10. The molecule has 1 heterocycles. The van der Waals surface area contributed by atoms with Crippen LogP contribution >= 0.6 is 11.6 Å². The van der Waals surface area contributed by atoms with Gasteiger partial charge in [0.2, 0.25) is 0 Å². The lowest BCUT2D eigenvalue weighted by molar-refractivity contribution is 0.0220. The summed E-state index contributed by atoms with van der Waals surface area (Å²) >= 11 is 5.87. The third-order valence-corrected chi connectivity index (χ3v) is 2.69. The number of aromatic amines is 1. The van der Waals surface area contributed by atoms with Gasteiger partial charge in [0.25, 0.3) is 0 Å². The number of aliphatic hydroxyl groups excluding tert-OH is 2. The number of nitrogens with one attached hydrogen (secondary N) is 1. The van der Waals surface area contributed by atoms with E-state index in [1.54, 1.807) is 0 Å². The van der Waals surface area contributed by atoms with E-state index in [2.05, 4.69) is 16.9 Å². The molecule has 0 bridgehead atoms. The van der Waals surface area contributed by atoms with Gasteiger partial charge in [0.15, 0.2) is 5.15 Å². The first kappa shape index (κ1) is 13.4. The Morgan fingerprint density at radius 3 is 2.75 bits per heavy atom. The number of unbranched alkanes of at least 4 members (excludes halogenated alkanes) is 1. The molecule has 1 aromatic rings. The minimum absolute atomic E-state index is 0.0270.